The second kappa shape index (κ2) is 7.49. The molecule has 0 aliphatic carbocycles. The average molecular weight is 340 g/mol. The summed E-state index contributed by atoms with van der Waals surface area (Å²) in [5.41, 5.74) is 1.24. The number of ether oxygens (including phenoxy) is 1. The second-order valence-corrected chi connectivity index (χ2v) is 5.54. The third kappa shape index (κ3) is 4.63. The summed E-state index contributed by atoms with van der Waals surface area (Å²) >= 11 is 11.9. The van der Waals surface area contributed by atoms with E-state index < -0.39 is 6.10 Å². The Hall–Kier alpha value is -1.75. The fourth-order valence-electron chi connectivity index (χ4n) is 1.87. The van der Waals surface area contributed by atoms with Crippen LogP contribution in [-0.2, 0) is 4.79 Å². The van der Waals surface area contributed by atoms with Crippen molar-refractivity contribution in [1.82, 2.24) is 0 Å². The average Bonchev–Trinajstić information content (AvgIpc) is 2.45. The summed E-state index contributed by atoms with van der Waals surface area (Å²) < 4.78 is 5.51. The predicted octanol–water partition coefficient (Wildman–Crippen LogP) is 4.06. The van der Waals surface area contributed by atoms with Crippen molar-refractivity contribution >= 4 is 34.8 Å². The third-order valence-electron chi connectivity index (χ3n) is 2.90. The number of nitrogens with one attached hydrogen (secondary N) is 1. The Kier molecular flexibility index (Phi) is 5.66. The first-order valence-electron chi connectivity index (χ1n) is 6.59. The van der Waals surface area contributed by atoms with Crippen LogP contribution >= 0.6 is 23.2 Å². The molecule has 2 N–H and O–H groups in total. The smallest absolute Gasteiger partial charge is 0.221 e. The summed E-state index contributed by atoms with van der Waals surface area (Å²) in [6.07, 6.45) is -0.861. The molecule has 22 heavy (non-hydrogen) atoms. The molecule has 2 aromatic rings. The fourth-order valence-corrected chi connectivity index (χ4v) is 2.41. The minimum absolute atomic E-state index is 0.0564. The second-order valence-electron chi connectivity index (χ2n) is 4.70. The molecule has 0 aliphatic rings. The SMILES string of the molecule is CC(=O)Nc1ccc(OCC(O)c2ccc(Cl)cc2Cl)cc1. The molecular weight excluding hydrogens is 325 g/mol. The van der Waals surface area contributed by atoms with E-state index in [-0.39, 0.29) is 12.5 Å². The third-order valence-corrected chi connectivity index (χ3v) is 3.47. The van der Waals surface area contributed by atoms with Gasteiger partial charge >= 0.3 is 0 Å². The number of amides is 1. The Morgan fingerprint density at radius 2 is 1.91 bits per heavy atom. The molecule has 0 spiro atoms. The molecule has 2 rings (SSSR count). The Morgan fingerprint density at radius 3 is 2.50 bits per heavy atom. The van der Waals surface area contributed by atoms with Gasteiger partial charge in [-0.05, 0) is 36.4 Å². The first-order valence-corrected chi connectivity index (χ1v) is 7.35. The number of carbonyl (C=O) groups excluding carboxylic acids is 1. The van der Waals surface area contributed by atoms with Crippen molar-refractivity contribution in [3.63, 3.8) is 0 Å². The van der Waals surface area contributed by atoms with E-state index in [0.29, 0.717) is 27.0 Å². The predicted molar refractivity (Wildman–Crippen MR) is 87.7 cm³/mol. The van der Waals surface area contributed by atoms with Gasteiger partial charge in [0.15, 0.2) is 0 Å². The van der Waals surface area contributed by atoms with Gasteiger partial charge in [0.2, 0.25) is 5.91 Å². The number of benzene rings is 2. The standard InChI is InChI=1S/C16H15Cl2NO3/c1-10(20)19-12-3-5-13(6-4-12)22-9-16(21)14-7-2-11(17)8-15(14)18/h2-8,16,21H,9H2,1H3,(H,19,20). The van der Waals surface area contributed by atoms with E-state index in [9.17, 15) is 9.90 Å². The topological polar surface area (TPSA) is 58.6 Å². The van der Waals surface area contributed by atoms with Gasteiger partial charge in [-0.25, -0.2) is 0 Å². The van der Waals surface area contributed by atoms with Gasteiger partial charge in [-0.2, -0.15) is 0 Å². The monoisotopic (exact) mass is 339 g/mol. The van der Waals surface area contributed by atoms with Crippen molar-refractivity contribution in [2.45, 2.75) is 13.0 Å². The largest absolute Gasteiger partial charge is 0.491 e. The molecule has 0 fully saturated rings. The van der Waals surface area contributed by atoms with Crippen LogP contribution < -0.4 is 10.1 Å². The van der Waals surface area contributed by atoms with Crippen molar-refractivity contribution in [2.24, 2.45) is 0 Å². The minimum atomic E-state index is -0.861. The van der Waals surface area contributed by atoms with Crippen LogP contribution in [0.4, 0.5) is 5.69 Å². The first-order chi connectivity index (χ1) is 10.5. The summed E-state index contributed by atoms with van der Waals surface area (Å²) in [6.45, 7) is 1.50. The summed E-state index contributed by atoms with van der Waals surface area (Å²) in [6, 6.07) is 11.8. The Bertz CT molecular complexity index is 659. The van der Waals surface area contributed by atoms with Gasteiger partial charge in [0.25, 0.3) is 0 Å². The summed E-state index contributed by atoms with van der Waals surface area (Å²) in [7, 11) is 0. The number of hydrogen-bond donors (Lipinski definition) is 2. The molecule has 1 amide bonds. The van der Waals surface area contributed by atoms with Gasteiger partial charge in [-0.3, -0.25) is 4.79 Å². The van der Waals surface area contributed by atoms with E-state index in [0.717, 1.165) is 0 Å². The van der Waals surface area contributed by atoms with Crippen molar-refractivity contribution in [3.8, 4) is 5.75 Å². The maximum Gasteiger partial charge on any atom is 0.221 e. The first kappa shape index (κ1) is 16.6. The van der Waals surface area contributed by atoms with E-state index in [2.05, 4.69) is 5.32 Å². The van der Waals surface area contributed by atoms with Crippen LogP contribution in [0.1, 0.15) is 18.6 Å². The molecule has 2 aromatic carbocycles. The Balaban J connectivity index is 1.95. The fraction of sp³-hybridized carbons (Fsp3) is 0.188. The quantitative estimate of drug-likeness (QED) is 0.863. The zero-order valence-electron chi connectivity index (χ0n) is 11.8. The van der Waals surface area contributed by atoms with E-state index >= 15 is 0 Å². The van der Waals surface area contributed by atoms with E-state index in [1.165, 1.54) is 6.92 Å². The highest BCUT2D eigenvalue weighted by Crippen LogP contribution is 2.27. The van der Waals surface area contributed by atoms with Gasteiger partial charge in [0.05, 0.1) is 0 Å². The number of rotatable bonds is 5. The number of aliphatic hydroxyl groups excluding tert-OH is 1. The number of aliphatic hydroxyl groups is 1. The van der Waals surface area contributed by atoms with Crippen molar-refractivity contribution in [3.05, 3.63) is 58.1 Å². The van der Waals surface area contributed by atoms with Crippen molar-refractivity contribution in [2.75, 3.05) is 11.9 Å². The molecule has 1 unspecified atom stereocenters. The van der Waals surface area contributed by atoms with Crippen LogP contribution in [0.2, 0.25) is 10.0 Å². The molecule has 1 atom stereocenters. The lowest BCUT2D eigenvalue weighted by molar-refractivity contribution is -0.114. The zero-order chi connectivity index (χ0) is 16.1. The molecule has 0 saturated heterocycles. The Labute approximate surface area is 138 Å². The van der Waals surface area contributed by atoms with Crippen molar-refractivity contribution < 1.29 is 14.6 Å². The molecule has 6 heteroatoms. The summed E-state index contributed by atoms with van der Waals surface area (Å²) in [4.78, 5) is 10.9. The van der Waals surface area contributed by atoms with Gasteiger partial charge in [0, 0.05) is 28.2 Å². The Morgan fingerprint density at radius 1 is 1.23 bits per heavy atom. The molecule has 0 saturated carbocycles. The minimum Gasteiger partial charge on any atom is -0.491 e. The zero-order valence-corrected chi connectivity index (χ0v) is 13.4. The lowest BCUT2D eigenvalue weighted by Crippen LogP contribution is -2.10. The van der Waals surface area contributed by atoms with Crippen LogP contribution in [0.5, 0.6) is 5.75 Å². The lowest BCUT2D eigenvalue weighted by atomic mass is 10.1. The van der Waals surface area contributed by atoms with E-state index in [4.69, 9.17) is 27.9 Å². The highest BCUT2D eigenvalue weighted by Gasteiger charge is 2.13. The van der Waals surface area contributed by atoms with Gasteiger partial charge in [0.1, 0.15) is 18.5 Å². The number of anilines is 1. The summed E-state index contributed by atoms with van der Waals surface area (Å²) in [5, 5.41) is 13.7. The van der Waals surface area contributed by atoms with Crippen LogP contribution in [0.3, 0.4) is 0 Å². The molecule has 4 nitrogen and oxygen atoms in total. The normalized spacial score (nSPS) is 11.8. The highest BCUT2D eigenvalue weighted by atomic mass is 35.5. The van der Waals surface area contributed by atoms with Crippen LogP contribution in [-0.4, -0.2) is 17.6 Å². The van der Waals surface area contributed by atoms with Gasteiger partial charge < -0.3 is 15.2 Å². The van der Waals surface area contributed by atoms with E-state index in [1.807, 2.05) is 0 Å². The molecule has 0 bridgehead atoms. The highest BCUT2D eigenvalue weighted by molar-refractivity contribution is 6.35. The molecule has 0 radical (unpaired) electrons. The van der Waals surface area contributed by atoms with Crippen LogP contribution in [0.25, 0.3) is 0 Å². The molecule has 116 valence electrons. The van der Waals surface area contributed by atoms with Crippen LogP contribution in [0.15, 0.2) is 42.5 Å². The maximum atomic E-state index is 10.9. The van der Waals surface area contributed by atoms with Gasteiger partial charge in [-0.15, -0.1) is 0 Å². The maximum absolute atomic E-state index is 10.9. The molecule has 0 aromatic heterocycles. The molecule has 0 aliphatic heterocycles. The lowest BCUT2D eigenvalue weighted by Gasteiger charge is -2.14. The summed E-state index contributed by atoms with van der Waals surface area (Å²) in [5.74, 6) is 0.444. The number of carbonyl (C=O) groups is 1. The van der Waals surface area contributed by atoms with Crippen LogP contribution in [0, 0.1) is 0 Å². The van der Waals surface area contributed by atoms with Gasteiger partial charge in [-0.1, -0.05) is 29.3 Å². The van der Waals surface area contributed by atoms with E-state index in [1.54, 1.807) is 42.5 Å². The molecule has 0 heterocycles. The van der Waals surface area contributed by atoms with Crippen molar-refractivity contribution in [1.29, 1.82) is 0 Å². The number of hydrogen-bond acceptors (Lipinski definition) is 3. The molecular formula is C16H15Cl2NO3. The number of halogens is 2.